The van der Waals surface area contributed by atoms with Crippen molar-refractivity contribution >= 4 is 36.0 Å². The second kappa shape index (κ2) is 16.1. The number of hydrogen-bond acceptors (Lipinski definition) is 4. The summed E-state index contributed by atoms with van der Waals surface area (Å²) in [6.07, 6.45) is 8.29. The Kier molecular flexibility index (Phi) is 15.6. The number of amides is 1. The summed E-state index contributed by atoms with van der Waals surface area (Å²) in [4.78, 5) is 18.4. The van der Waals surface area contributed by atoms with Crippen LogP contribution in [0.1, 0.15) is 65.7 Å². The molecule has 0 bridgehead atoms. The van der Waals surface area contributed by atoms with Crippen LogP contribution in [0.3, 0.4) is 0 Å². The van der Waals surface area contributed by atoms with Gasteiger partial charge in [0.25, 0.3) is 0 Å². The van der Waals surface area contributed by atoms with E-state index in [1.165, 1.54) is 51.7 Å². The third-order valence-corrected chi connectivity index (χ3v) is 4.43. The van der Waals surface area contributed by atoms with Gasteiger partial charge in [0.2, 0.25) is 0 Å². The molecule has 1 fully saturated rings. The maximum atomic E-state index is 11.5. The van der Waals surface area contributed by atoms with Crippen molar-refractivity contribution < 1.29 is 9.53 Å². The van der Waals surface area contributed by atoms with Crippen LogP contribution in [0.2, 0.25) is 0 Å². The lowest BCUT2D eigenvalue weighted by molar-refractivity contribution is 0.0527. The zero-order valence-corrected chi connectivity index (χ0v) is 20.6. The molecule has 0 saturated carbocycles. The second-order valence-corrected chi connectivity index (χ2v) is 8.17. The maximum Gasteiger partial charge on any atom is 0.407 e. The number of hydrogen-bond donors (Lipinski definition) is 3. The maximum absolute atomic E-state index is 11.5. The summed E-state index contributed by atoms with van der Waals surface area (Å²) in [5, 5.41) is 9.38. The van der Waals surface area contributed by atoms with E-state index in [1.807, 2.05) is 20.8 Å². The average Bonchev–Trinajstić information content (AvgIpc) is 2.62. The molecule has 0 atom stereocenters. The molecule has 0 aliphatic carbocycles. The molecule has 3 N–H and O–H groups in total. The van der Waals surface area contributed by atoms with Crippen molar-refractivity contribution in [2.45, 2.75) is 71.3 Å². The number of carbonyl (C=O) groups is 1. The highest BCUT2D eigenvalue weighted by Gasteiger charge is 2.15. The fourth-order valence-corrected chi connectivity index (χ4v) is 3.05. The summed E-state index contributed by atoms with van der Waals surface area (Å²) in [6, 6.07) is 0. The Morgan fingerprint density at radius 1 is 0.929 bits per heavy atom. The molecule has 1 rings (SSSR count). The molecule has 166 valence electrons. The molecule has 1 saturated heterocycles. The van der Waals surface area contributed by atoms with E-state index in [1.54, 1.807) is 7.05 Å². The summed E-state index contributed by atoms with van der Waals surface area (Å²) in [5.74, 6) is 0.822. The summed E-state index contributed by atoms with van der Waals surface area (Å²) in [5.41, 5.74) is -0.456. The zero-order valence-electron chi connectivity index (χ0n) is 18.3. The molecule has 1 amide bonds. The third kappa shape index (κ3) is 15.2. The highest BCUT2D eigenvalue weighted by molar-refractivity contribution is 14.0. The summed E-state index contributed by atoms with van der Waals surface area (Å²) in [6.45, 7) is 11.7. The Labute approximate surface area is 188 Å². The van der Waals surface area contributed by atoms with E-state index >= 15 is 0 Å². The van der Waals surface area contributed by atoms with Gasteiger partial charge >= 0.3 is 6.09 Å². The van der Waals surface area contributed by atoms with Crippen LogP contribution in [0.15, 0.2) is 4.99 Å². The van der Waals surface area contributed by atoms with Crippen LogP contribution in [0, 0.1) is 0 Å². The van der Waals surface area contributed by atoms with Gasteiger partial charge in [-0.2, -0.15) is 0 Å². The normalized spacial score (nSPS) is 15.5. The molecule has 1 aliphatic heterocycles. The van der Waals surface area contributed by atoms with Crippen LogP contribution >= 0.6 is 24.0 Å². The fourth-order valence-electron chi connectivity index (χ4n) is 3.05. The van der Waals surface area contributed by atoms with Crippen molar-refractivity contribution in [3.05, 3.63) is 0 Å². The van der Waals surface area contributed by atoms with Crippen molar-refractivity contribution in [1.29, 1.82) is 0 Å². The van der Waals surface area contributed by atoms with Gasteiger partial charge in [-0.1, -0.05) is 12.8 Å². The molecule has 1 heterocycles. The SMILES string of the molecule is CN=C(NCCCCCN1CCCCC1)NCCCNC(=O)OC(C)(C)C.I. The van der Waals surface area contributed by atoms with Crippen molar-refractivity contribution in [3.8, 4) is 0 Å². The number of alkyl carbamates (subject to hydrolysis) is 1. The van der Waals surface area contributed by atoms with Gasteiger partial charge in [0, 0.05) is 26.7 Å². The lowest BCUT2D eigenvalue weighted by atomic mass is 10.1. The molecule has 0 radical (unpaired) electrons. The molecular formula is C20H42IN5O2. The minimum atomic E-state index is -0.456. The molecule has 0 unspecified atom stereocenters. The van der Waals surface area contributed by atoms with E-state index in [9.17, 15) is 4.79 Å². The number of nitrogens with zero attached hydrogens (tertiary/aromatic N) is 2. The number of rotatable bonds is 10. The standard InChI is InChI=1S/C20H41N5O2.HI/c1-20(2,3)27-19(26)24-14-11-13-23-18(21-4)22-12-7-5-8-15-25-16-9-6-10-17-25;/h5-17H2,1-4H3,(H,24,26)(H2,21,22,23);1H. The highest BCUT2D eigenvalue weighted by Crippen LogP contribution is 2.09. The number of carbonyl (C=O) groups excluding carboxylic acids is 1. The van der Waals surface area contributed by atoms with Gasteiger partial charge < -0.3 is 25.6 Å². The average molecular weight is 511 g/mol. The summed E-state index contributed by atoms with van der Waals surface area (Å²) < 4.78 is 5.20. The molecule has 0 aromatic heterocycles. The molecule has 8 heteroatoms. The fraction of sp³-hybridized carbons (Fsp3) is 0.900. The number of likely N-dealkylation sites (tertiary alicyclic amines) is 1. The van der Waals surface area contributed by atoms with Gasteiger partial charge in [-0.15, -0.1) is 24.0 Å². The van der Waals surface area contributed by atoms with Gasteiger partial charge in [0.1, 0.15) is 5.60 Å². The first-order valence-electron chi connectivity index (χ1n) is 10.5. The molecule has 28 heavy (non-hydrogen) atoms. The highest BCUT2D eigenvalue weighted by atomic mass is 127. The third-order valence-electron chi connectivity index (χ3n) is 4.43. The predicted molar refractivity (Wildman–Crippen MR) is 128 cm³/mol. The molecule has 0 spiro atoms. The lowest BCUT2D eigenvalue weighted by Crippen LogP contribution is -2.39. The van der Waals surface area contributed by atoms with E-state index in [4.69, 9.17) is 4.74 Å². The Balaban J connectivity index is 0.00000729. The van der Waals surface area contributed by atoms with Crippen LogP contribution in [-0.2, 0) is 4.74 Å². The number of piperidine rings is 1. The van der Waals surface area contributed by atoms with Crippen LogP contribution in [-0.4, -0.2) is 68.9 Å². The lowest BCUT2D eigenvalue weighted by Gasteiger charge is -2.26. The first kappa shape index (κ1) is 27.2. The Bertz CT molecular complexity index is 435. The zero-order chi connectivity index (χ0) is 20.0. The molecule has 0 aromatic carbocycles. The molecule has 1 aliphatic rings. The quantitative estimate of drug-likeness (QED) is 0.182. The Morgan fingerprint density at radius 2 is 1.54 bits per heavy atom. The van der Waals surface area contributed by atoms with E-state index in [-0.39, 0.29) is 30.1 Å². The number of unbranched alkanes of at least 4 members (excludes halogenated alkanes) is 2. The van der Waals surface area contributed by atoms with Crippen molar-refractivity contribution in [2.75, 3.05) is 46.3 Å². The first-order valence-corrected chi connectivity index (χ1v) is 10.5. The van der Waals surface area contributed by atoms with Crippen molar-refractivity contribution in [3.63, 3.8) is 0 Å². The van der Waals surface area contributed by atoms with E-state index in [0.717, 1.165) is 31.9 Å². The van der Waals surface area contributed by atoms with Crippen LogP contribution in [0.5, 0.6) is 0 Å². The predicted octanol–water partition coefficient (Wildman–Crippen LogP) is 3.34. The second-order valence-electron chi connectivity index (χ2n) is 8.17. The topological polar surface area (TPSA) is 78.0 Å². The number of halogens is 1. The van der Waals surface area contributed by atoms with Gasteiger partial charge in [0.05, 0.1) is 0 Å². The molecular weight excluding hydrogens is 469 g/mol. The first-order chi connectivity index (χ1) is 12.9. The minimum absolute atomic E-state index is 0. The Morgan fingerprint density at radius 3 is 2.14 bits per heavy atom. The van der Waals surface area contributed by atoms with Gasteiger partial charge in [-0.25, -0.2) is 4.79 Å². The monoisotopic (exact) mass is 511 g/mol. The number of guanidine groups is 1. The van der Waals surface area contributed by atoms with Crippen LogP contribution in [0.4, 0.5) is 4.79 Å². The molecule has 7 nitrogen and oxygen atoms in total. The largest absolute Gasteiger partial charge is 0.444 e. The van der Waals surface area contributed by atoms with Gasteiger partial charge in [0.15, 0.2) is 5.96 Å². The number of aliphatic imine (C=N–C) groups is 1. The smallest absolute Gasteiger partial charge is 0.407 e. The number of ether oxygens (including phenoxy) is 1. The van der Waals surface area contributed by atoms with E-state index in [2.05, 4.69) is 25.8 Å². The van der Waals surface area contributed by atoms with E-state index in [0.29, 0.717) is 6.54 Å². The van der Waals surface area contributed by atoms with Crippen LogP contribution < -0.4 is 16.0 Å². The summed E-state index contributed by atoms with van der Waals surface area (Å²) >= 11 is 0. The van der Waals surface area contributed by atoms with Crippen LogP contribution in [0.25, 0.3) is 0 Å². The van der Waals surface area contributed by atoms with Gasteiger partial charge in [-0.05, 0) is 72.5 Å². The van der Waals surface area contributed by atoms with Gasteiger partial charge in [-0.3, -0.25) is 4.99 Å². The number of nitrogens with one attached hydrogen (secondary N) is 3. The summed E-state index contributed by atoms with van der Waals surface area (Å²) in [7, 11) is 1.78. The molecule has 0 aromatic rings. The Hall–Kier alpha value is -0.770. The minimum Gasteiger partial charge on any atom is -0.444 e. The van der Waals surface area contributed by atoms with Crippen molar-refractivity contribution in [1.82, 2.24) is 20.9 Å². The van der Waals surface area contributed by atoms with Crippen molar-refractivity contribution in [2.24, 2.45) is 4.99 Å². The van der Waals surface area contributed by atoms with E-state index < -0.39 is 5.60 Å².